The molecular weight excluding hydrogens is 317 g/mol. The van der Waals surface area contributed by atoms with Gasteiger partial charge in [0.2, 0.25) is 0 Å². The van der Waals surface area contributed by atoms with Gasteiger partial charge < -0.3 is 18.9 Å². The van der Waals surface area contributed by atoms with Crippen LogP contribution in [0.3, 0.4) is 0 Å². The maximum Gasteiger partial charge on any atom is 0.328 e. The molecule has 0 bridgehead atoms. The van der Waals surface area contributed by atoms with E-state index >= 15 is 0 Å². The molecule has 1 saturated heterocycles. The second-order valence-corrected chi connectivity index (χ2v) is 8.27. The van der Waals surface area contributed by atoms with E-state index in [4.69, 9.17) is 9.47 Å². The summed E-state index contributed by atoms with van der Waals surface area (Å²) in [5.41, 5.74) is -0.0880. The lowest BCUT2D eigenvalue weighted by atomic mass is 10.1. The van der Waals surface area contributed by atoms with Gasteiger partial charge in [-0.1, -0.05) is 11.8 Å². The summed E-state index contributed by atoms with van der Waals surface area (Å²) in [7, 11) is -2.26. The van der Waals surface area contributed by atoms with E-state index in [1.807, 2.05) is 0 Å². The van der Waals surface area contributed by atoms with Crippen LogP contribution < -0.4 is 0 Å². The molecule has 1 N–H and O–H groups in total. The van der Waals surface area contributed by atoms with Crippen LogP contribution in [0.2, 0.25) is 0 Å². The Morgan fingerprint density at radius 1 is 1.57 bits per heavy atom. The molecule has 1 unspecified atom stereocenters. The highest BCUT2D eigenvalue weighted by Crippen LogP contribution is 2.43. The number of rotatable bonds is 6. The van der Waals surface area contributed by atoms with Crippen LogP contribution in [0.15, 0.2) is 4.99 Å². The summed E-state index contributed by atoms with van der Waals surface area (Å²) in [6, 6.07) is 0.0826. The highest BCUT2D eigenvalue weighted by Gasteiger charge is 2.37. The number of aliphatic imine (C=N–C) groups is 1. The molecule has 1 fully saturated rings. The summed E-state index contributed by atoms with van der Waals surface area (Å²) in [6.45, 7) is 1.64. The SMILES string of the molecule is COP(=O)(O)CCC1=N[C@@H]2CC[C@H](COC(C)=O)O[C@@H]2S1. The zero-order chi connectivity index (χ0) is 15.5. The lowest BCUT2D eigenvalue weighted by molar-refractivity contribution is -0.147. The summed E-state index contributed by atoms with van der Waals surface area (Å²) < 4.78 is 26.8. The lowest BCUT2D eigenvalue weighted by Gasteiger charge is -2.30. The second kappa shape index (κ2) is 7.24. The third kappa shape index (κ3) is 5.07. The Kier molecular flexibility index (Phi) is 5.85. The average molecular weight is 337 g/mol. The molecule has 120 valence electrons. The number of fused-ring (bicyclic) bond motifs is 1. The molecule has 0 aliphatic carbocycles. The quantitative estimate of drug-likeness (QED) is 0.583. The Morgan fingerprint density at radius 3 is 3.00 bits per heavy atom. The Labute approximate surface area is 128 Å². The molecular formula is C12H20NO6PS. The van der Waals surface area contributed by atoms with E-state index in [1.54, 1.807) is 0 Å². The van der Waals surface area contributed by atoms with Crippen molar-refractivity contribution in [3.8, 4) is 0 Å². The number of ether oxygens (including phenoxy) is 2. The van der Waals surface area contributed by atoms with Crippen LogP contribution in [0.1, 0.15) is 26.2 Å². The summed E-state index contributed by atoms with van der Waals surface area (Å²) >= 11 is 1.48. The van der Waals surface area contributed by atoms with Crippen molar-refractivity contribution in [3.05, 3.63) is 0 Å². The number of hydrogen-bond acceptors (Lipinski definition) is 7. The van der Waals surface area contributed by atoms with Crippen LogP contribution in [0.5, 0.6) is 0 Å². The molecule has 2 aliphatic heterocycles. The molecule has 2 rings (SSSR count). The number of esters is 1. The van der Waals surface area contributed by atoms with Gasteiger partial charge in [0.1, 0.15) is 12.0 Å². The minimum absolute atomic E-state index is 0.0612. The predicted octanol–water partition coefficient (Wildman–Crippen LogP) is 1.79. The van der Waals surface area contributed by atoms with E-state index < -0.39 is 7.60 Å². The largest absolute Gasteiger partial charge is 0.463 e. The van der Waals surface area contributed by atoms with Crippen LogP contribution in [0.25, 0.3) is 0 Å². The molecule has 0 radical (unpaired) electrons. The van der Waals surface area contributed by atoms with Gasteiger partial charge in [-0.3, -0.25) is 14.4 Å². The fraction of sp³-hybridized carbons (Fsp3) is 0.833. The second-order valence-electron chi connectivity index (χ2n) is 5.01. The highest BCUT2D eigenvalue weighted by molar-refractivity contribution is 8.14. The van der Waals surface area contributed by atoms with Crippen molar-refractivity contribution in [2.24, 2.45) is 4.99 Å². The van der Waals surface area contributed by atoms with Crippen LogP contribution >= 0.6 is 19.4 Å². The monoisotopic (exact) mass is 337 g/mol. The van der Waals surface area contributed by atoms with Crippen molar-refractivity contribution < 1.29 is 28.3 Å². The molecule has 0 aromatic rings. The van der Waals surface area contributed by atoms with E-state index in [-0.39, 0.29) is 36.3 Å². The zero-order valence-electron chi connectivity index (χ0n) is 12.1. The lowest BCUT2D eigenvalue weighted by Crippen LogP contribution is -2.36. The Balaban J connectivity index is 1.79. The van der Waals surface area contributed by atoms with Crippen LogP contribution in [0.4, 0.5) is 0 Å². The molecule has 0 spiro atoms. The van der Waals surface area contributed by atoms with Gasteiger partial charge in [-0.05, 0) is 12.8 Å². The molecule has 9 heteroatoms. The van der Waals surface area contributed by atoms with Crippen molar-refractivity contribution in [1.29, 1.82) is 0 Å². The van der Waals surface area contributed by atoms with Gasteiger partial charge in [0.05, 0.1) is 23.4 Å². The van der Waals surface area contributed by atoms with Crippen molar-refractivity contribution >= 4 is 30.4 Å². The number of carbonyl (C=O) groups is 1. The first kappa shape index (κ1) is 17.0. The summed E-state index contributed by atoms with van der Waals surface area (Å²) in [4.78, 5) is 24.7. The van der Waals surface area contributed by atoms with Crippen molar-refractivity contribution in [2.45, 2.75) is 43.8 Å². The topological polar surface area (TPSA) is 94.4 Å². The molecule has 2 heterocycles. The molecule has 0 saturated carbocycles. The Hall–Kier alpha value is -0.400. The van der Waals surface area contributed by atoms with E-state index in [0.717, 1.165) is 17.9 Å². The number of nitrogens with zero attached hydrogens (tertiary/aromatic N) is 1. The van der Waals surface area contributed by atoms with Gasteiger partial charge in [0.15, 0.2) is 0 Å². The van der Waals surface area contributed by atoms with Gasteiger partial charge in [0, 0.05) is 20.5 Å². The first-order chi connectivity index (χ1) is 9.89. The Bertz CT molecular complexity index is 471. The zero-order valence-corrected chi connectivity index (χ0v) is 13.8. The highest BCUT2D eigenvalue weighted by atomic mass is 32.2. The third-order valence-electron chi connectivity index (χ3n) is 3.35. The maximum absolute atomic E-state index is 11.4. The van der Waals surface area contributed by atoms with Crippen molar-refractivity contribution in [3.63, 3.8) is 0 Å². The predicted molar refractivity (Wildman–Crippen MR) is 79.7 cm³/mol. The van der Waals surface area contributed by atoms with Gasteiger partial charge in [-0.15, -0.1) is 0 Å². The number of thioether (sulfide) groups is 1. The van der Waals surface area contributed by atoms with Gasteiger partial charge in [0.25, 0.3) is 0 Å². The summed E-state index contributed by atoms with van der Waals surface area (Å²) in [6.07, 6.45) is 2.04. The van der Waals surface area contributed by atoms with Crippen molar-refractivity contribution in [1.82, 2.24) is 0 Å². The molecule has 0 amide bonds. The minimum atomic E-state index is -3.49. The molecule has 7 nitrogen and oxygen atoms in total. The minimum Gasteiger partial charge on any atom is -0.463 e. The van der Waals surface area contributed by atoms with Gasteiger partial charge in [-0.25, -0.2) is 0 Å². The standard InChI is InChI=1S/C12H20NO6PS/c1-8(14)18-7-9-3-4-10-12(19-9)21-11(13-10)5-6-20(15,16)17-2/h9-10,12H,3-7H2,1-2H3,(H,15,16)/t9-,10-,12-/m1/s1. The summed E-state index contributed by atoms with van der Waals surface area (Å²) in [5.74, 6) is -0.310. The van der Waals surface area contributed by atoms with Crippen molar-refractivity contribution in [2.75, 3.05) is 19.9 Å². The maximum atomic E-state index is 11.4. The van der Waals surface area contributed by atoms with E-state index in [9.17, 15) is 14.3 Å². The molecule has 21 heavy (non-hydrogen) atoms. The Morgan fingerprint density at radius 2 is 2.33 bits per heavy atom. The summed E-state index contributed by atoms with van der Waals surface area (Å²) in [5, 5.41) is 0.824. The van der Waals surface area contributed by atoms with E-state index in [2.05, 4.69) is 9.52 Å². The smallest absolute Gasteiger partial charge is 0.328 e. The van der Waals surface area contributed by atoms with Crippen LogP contribution in [-0.2, 0) is 23.4 Å². The van der Waals surface area contributed by atoms with E-state index in [0.29, 0.717) is 6.42 Å². The fourth-order valence-corrected chi connectivity index (χ4v) is 4.29. The number of hydrogen-bond donors (Lipinski definition) is 1. The normalized spacial score (nSPS) is 31.2. The third-order valence-corrected chi connectivity index (χ3v) is 5.95. The number of carbonyl (C=O) groups excluding carboxylic acids is 1. The van der Waals surface area contributed by atoms with Crippen LogP contribution in [0, 0.1) is 0 Å². The van der Waals surface area contributed by atoms with E-state index in [1.165, 1.54) is 25.8 Å². The molecule has 2 aliphatic rings. The molecule has 0 aromatic heterocycles. The van der Waals surface area contributed by atoms with Crippen LogP contribution in [-0.4, -0.2) is 53.4 Å². The fourth-order valence-electron chi connectivity index (χ4n) is 2.21. The first-order valence-corrected chi connectivity index (χ1v) is 9.43. The average Bonchev–Trinajstić information content (AvgIpc) is 2.85. The van der Waals surface area contributed by atoms with Gasteiger partial charge >= 0.3 is 13.6 Å². The molecule has 0 aromatic carbocycles. The molecule has 4 atom stereocenters. The first-order valence-electron chi connectivity index (χ1n) is 6.79. The van der Waals surface area contributed by atoms with Gasteiger partial charge in [-0.2, -0.15) is 0 Å².